The van der Waals surface area contributed by atoms with E-state index in [0.29, 0.717) is 143 Å². The van der Waals surface area contributed by atoms with E-state index in [-0.39, 0.29) is 45.6 Å². The highest BCUT2D eigenvalue weighted by Crippen LogP contribution is 2.54. The molecule has 135 heavy (non-hydrogen) atoms. The van der Waals surface area contributed by atoms with Crippen LogP contribution in [0.1, 0.15) is 156 Å². The fourth-order valence-corrected chi connectivity index (χ4v) is 23.4. The van der Waals surface area contributed by atoms with Gasteiger partial charge < -0.3 is 62.6 Å². The average molecular weight is 1920 g/mol. The maximum Gasteiger partial charge on any atom is 0.410 e. The minimum atomic E-state index is -0.593. The van der Waals surface area contributed by atoms with Crippen molar-refractivity contribution < 1.29 is 57.0 Å². The van der Waals surface area contributed by atoms with Crippen molar-refractivity contribution in [3.8, 4) is 62.3 Å². The summed E-state index contributed by atoms with van der Waals surface area (Å²) in [4.78, 5) is 111. The number of carbonyl (C=O) groups is 3. The second-order valence-corrected chi connectivity index (χ2v) is 41.9. The second kappa shape index (κ2) is 45.6. The summed E-state index contributed by atoms with van der Waals surface area (Å²) >= 11 is 6.20. The molecule has 8 aromatic rings. The first-order valence-electron chi connectivity index (χ1n) is 46.8. The minimum Gasteiger partial charge on any atom is -0.497 e. The molecule has 4 fully saturated rings. The zero-order valence-corrected chi connectivity index (χ0v) is 84.4. The molecule has 3 amide bonds. The molecule has 16 rings (SSSR count). The summed E-state index contributed by atoms with van der Waals surface area (Å²) < 4.78 is 53.9. The van der Waals surface area contributed by atoms with E-state index in [2.05, 4.69) is 67.7 Å². The third kappa shape index (κ3) is 23.0. The molecule has 1 N–H and O–H groups in total. The Morgan fingerprint density at radius 2 is 0.837 bits per heavy atom. The van der Waals surface area contributed by atoms with Gasteiger partial charge >= 0.3 is 12.2 Å². The summed E-state index contributed by atoms with van der Waals surface area (Å²) in [7, 11) is 11.8. The van der Waals surface area contributed by atoms with Gasteiger partial charge in [-0.05, 0) is 202 Å². The summed E-state index contributed by atoms with van der Waals surface area (Å²) in [6.45, 7) is 37.5. The molecule has 4 spiro atoms. The summed E-state index contributed by atoms with van der Waals surface area (Å²) in [6.07, 6.45) is 18.0. The number of piperidine rings is 1. The molecular formula is C104H134N12O15S4. The van der Waals surface area contributed by atoms with E-state index in [1.54, 1.807) is 115 Å². The molecule has 8 aliphatic rings. The van der Waals surface area contributed by atoms with Crippen molar-refractivity contribution in [3.63, 3.8) is 0 Å². The topological polar surface area (TPSA) is 286 Å². The third-order valence-corrected chi connectivity index (χ3v) is 29.9. The molecule has 0 saturated carbocycles. The first-order chi connectivity index (χ1) is 65.0. The second-order valence-electron chi connectivity index (χ2n) is 37.6. The van der Waals surface area contributed by atoms with E-state index >= 15 is 0 Å². The van der Waals surface area contributed by atoms with Crippen molar-refractivity contribution in [1.29, 1.82) is 0 Å². The van der Waals surface area contributed by atoms with Gasteiger partial charge in [-0.1, -0.05) is 109 Å². The number of hydrogen-bond acceptors (Lipinski definition) is 25. The number of hydrogen-bond donors (Lipinski definition) is 1. The van der Waals surface area contributed by atoms with Crippen molar-refractivity contribution in [2.75, 3.05) is 152 Å². The molecule has 4 aliphatic heterocycles. The predicted octanol–water partition coefficient (Wildman–Crippen LogP) is 16.8. The lowest BCUT2D eigenvalue weighted by Gasteiger charge is -2.46. The molecular weight excluding hydrogens is 1790 g/mol. The lowest BCUT2D eigenvalue weighted by atomic mass is 9.63. The van der Waals surface area contributed by atoms with E-state index in [4.69, 9.17) is 67.6 Å². The number of methoxy groups -OCH3 is 7. The minimum absolute atomic E-state index is 0.0506. The number of thioether (sulfide) groups is 4. The van der Waals surface area contributed by atoms with Crippen molar-refractivity contribution >= 4 is 65.1 Å². The van der Waals surface area contributed by atoms with Crippen molar-refractivity contribution in [3.05, 3.63) is 211 Å². The number of amides is 3. The van der Waals surface area contributed by atoms with Crippen LogP contribution in [-0.4, -0.2) is 234 Å². The number of fused-ring (bicyclic) bond motifs is 16. The highest BCUT2D eigenvalue weighted by molar-refractivity contribution is 7.99. The van der Waals surface area contributed by atoms with Gasteiger partial charge in [0.05, 0.1) is 87.2 Å². The molecule has 8 heterocycles. The van der Waals surface area contributed by atoms with E-state index in [1.807, 2.05) is 102 Å². The Labute approximate surface area is 811 Å². The van der Waals surface area contributed by atoms with Crippen LogP contribution in [0.25, 0.3) is 45.0 Å². The fraction of sp³-hybridized carbons (Fsp3) is 0.510. The molecule has 4 aliphatic carbocycles. The highest BCUT2D eigenvalue weighted by atomic mass is 32.2. The number of carbonyl (C=O) groups excluding carboxylic acids is 3. The molecule has 27 nitrogen and oxygen atoms in total. The summed E-state index contributed by atoms with van der Waals surface area (Å²) in [6, 6.07) is 26.5. The maximum absolute atomic E-state index is 14.1. The normalized spacial score (nSPS) is 18.3. The van der Waals surface area contributed by atoms with Gasteiger partial charge in [-0.2, -0.15) is 0 Å². The number of rotatable bonds is 31. The first-order valence-corrected chi connectivity index (χ1v) is 50.8. The largest absolute Gasteiger partial charge is 0.497 e. The Morgan fingerprint density at radius 1 is 0.452 bits per heavy atom. The Bertz CT molecular complexity index is 5830. The number of nitrogens with zero attached hydrogens (tertiary/aromatic N) is 11. The van der Waals surface area contributed by atoms with Crippen molar-refractivity contribution in [1.82, 2.24) is 58.6 Å². The van der Waals surface area contributed by atoms with Crippen LogP contribution < -0.4 is 36.2 Å². The average Bonchev–Trinajstić information content (AvgIpc) is 1.70. The van der Waals surface area contributed by atoms with Gasteiger partial charge in [-0.15, -0.1) is 26.3 Å². The van der Waals surface area contributed by atoms with Crippen LogP contribution in [-0.2, 0) is 107 Å². The summed E-state index contributed by atoms with van der Waals surface area (Å²) in [5.41, 5.74) is 14.2. The molecule has 4 aromatic carbocycles. The zero-order valence-electron chi connectivity index (χ0n) is 81.2. The lowest BCUT2D eigenvalue weighted by Crippen LogP contribution is -2.48. The quantitative estimate of drug-likeness (QED) is 0.0183. The standard InChI is InChI=1S/C29H39N3O3S.C27H35N3O5S.C26H33N3O4S.C22H27N3O3S/c1-5-7-9-24-26-27(31-28(30-24)36-18-17-34-3)23-12-11-22(35-4)19-21(23)20-29(26)13-15-32(16-14-29)25(33)10-8-6-2;1-7-11-30-23(31)21-22(28-24(30)36-14-13-33-5)20-9-8-19(34-6)15-18(20)16-27(21)10-12-29(17-27)25(32)35-26(2,3)4;1-6-12-29-22(30)20-21(27-23(29)34-15-14-32-5)19-10-8-7-9-18(19)16-26(20)11-13-28(17-26)24(31)33-25(2,3)4;1-4-9-25-20(26)18-19(24-21(25)29-11-10-27-2)17-6-5-16(28-3)12-15(17)13-22(18)7-8-23-14-22/h5,11-12,19H,1,6-10,13-18,20H2,2-4H3;7-9,15H,1,10-14,16-17H2,2-6H3;6-10H,1,11-17H2,2-5H3;4-6,12,23H,1,7-11,13-14H2,2-3H3. The van der Waals surface area contributed by atoms with E-state index in [1.165, 1.54) is 45.8 Å². The van der Waals surface area contributed by atoms with Gasteiger partial charge in [0, 0.05) is 178 Å². The Balaban J connectivity index is 0.000000153. The monoisotopic (exact) mass is 1920 g/mol. The van der Waals surface area contributed by atoms with Crippen LogP contribution in [0, 0.1) is 0 Å². The Kier molecular flexibility index (Phi) is 34.7. The smallest absolute Gasteiger partial charge is 0.410 e. The number of aryl methyl sites for hydroxylation is 1. The third-order valence-electron chi connectivity index (χ3n) is 26.2. The molecule has 3 unspecified atom stereocenters. The van der Waals surface area contributed by atoms with E-state index in [9.17, 15) is 28.8 Å². The Hall–Kier alpha value is -9.83. The SMILES string of the molecule is C=CCCc1nc(SCCOC)nc2c1C1(CCN(C(=O)CCCC)CC1)Cc1cc(OC)ccc1-2.C=CCn1c(SCCOC)nc2c(c1=O)C1(CCN(C(=O)OC(C)(C)C)C1)Cc1cc(OC)ccc1-2.C=CCn1c(SCCOC)nc2c(c1=O)C1(CCN(C(=O)OC(C)(C)C)C1)Cc1ccccc1-2.C=CCn1c(SCCOC)nc2c(c1=O)C1(CCNC1)Cc1cc(OC)ccc1-2. The zero-order chi connectivity index (χ0) is 96.6. The number of aromatic nitrogens is 8. The van der Waals surface area contributed by atoms with Crippen LogP contribution in [0.5, 0.6) is 17.2 Å². The lowest BCUT2D eigenvalue weighted by molar-refractivity contribution is -0.133. The van der Waals surface area contributed by atoms with Crippen LogP contribution >= 0.6 is 47.0 Å². The van der Waals surface area contributed by atoms with Gasteiger partial charge in [0.25, 0.3) is 16.7 Å². The number of allylic oxidation sites excluding steroid dienone is 4. The van der Waals surface area contributed by atoms with Gasteiger partial charge in [0.2, 0.25) is 5.91 Å². The maximum atomic E-state index is 14.1. The number of ether oxygens (including phenoxy) is 9. The molecule has 4 saturated heterocycles. The highest BCUT2D eigenvalue weighted by Gasteiger charge is 2.53. The first kappa shape index (κ1) is 103. The van der Waals surface area contributed by atoms with E-state index in [0.717, 1.165) is 179 Å². The fourth-order valence-electron chi connectivity index (χ4n) is 20.0. The molecule has 31 heteroatoms. The Morgan fingerprint density at radius 3 is 1.24 bits per heavy atom. The number of nitrogens with one attached hydrogen (secondary N) is 1. The number of benzene rings is 4. The molecule has 4 aromatic heterocycles. The van der Waals surface area contributed by atoms with Gasteiger partial charge in [-0.25, -0.2) is 34.5 Å². The van der Waals surface area contributed by atoms with Gasteiger partial charge in [0.1, 0.15) is 28.5 Å². The number of likely N-dealkylation sites (tertiary alicyclic amines) is 3. The van der Waals surface area contributed by atoms with Crippen molar-refractivity contribution in [2.24, 2.45) is 0 Å². The molecule has 0 radical (unpaired) electrons. The van der Waals surface area contributed by atoms with Crippen LogP contribution in [0.15, 0.2) is 164 Å². The summed E-state index contributed by atoms with van der Waals surface area (Å²) in [5, 5.41) is 6.29. The summed E-state index contributed by atoms with van der Waals surface area (Å²) in [5.74, 6) is 5.66. The molecule has 3 atom stereocenters. The van der Waals surface area contributed by atoms with Gasteiger partial charge in [-0.3, -0.25) is 32.9 Å². The van der Waals surface area contributed by atoms with Crippen LogP contribution in [0.4, 0.5) is 9.59 Å². The molecule has 0 bridgehead atoms. The molecule has 724 valence electrons. The number of unbranched alkanes of at least 4 members (excludes halogenated alkanes) is 1. The predicted molar refractivity (Wildman–Crippen MR) is 538 cm³/mol. The van der Waals surface area contributed by atoms with E-state index < -0.39 is 22.0 Å². The van der Waals surface area contributed by atoms with Crippen LogP contribution in [0.2, 0.25) is 0 Å². The van der Waals surface area contributed by atoms with Crippen molar-refractivity contribution in [2.45, 2.75) is 211 Å². The van der Waals surface area contributed by atoms with Gasteiger partial charge in [0.15, 0.2) is 20.6 Å². The van der Waals surface area contributed by atoms with Crippen LogP contribution in [0.3, 0.4) is 0 Å².